The molecule has 9 rings (SSSR count). The molecule has 0 saturated carbocycles. The highest BCUT2D eigenvalue weighted by Crippen LogP contribution is 2.38. The number of para-hydroxylation sites is 4. The van der Waals surface area contributed by atoms with Crippen LogP contribution < -0.4 is 9.80 Å². The monoisotopic (exact) mass is 996 g/mol. The van der Waals surface area contributed by atoms with Gasteiger partial charge in [-0.2, -0.15) is 0 Å². The van der Waals surface area contributed by atoms with Crippen molar-refractivity contribution in [2.75, 3.05) is 9.80 Å². The van der Waals surface area contributed by atoms with Gasteiger partial charge in [-0.05, 0) is 170 Å². The van der Waals surface area contributed by atoms with Crippen LogP contribution in [0.3, 0.4) is 0 Å². The average Bonchev–Trinajstić information content (AvgIpc) is 3.33. The van der Waals surface area contributed by atoms with Crippen LogP contribution in [0, 0.1) is 0 Å². The van der Waals surface area contributed by atoms with Crippen molar-refractivity contribution in [1.29, 1.82) is 0 Å². The van der Waals surface area contributed by atoms with Crippen LogP contribution >= 0.6 is 41.5 Å². The van der Waals surface area contributed by atoms with Crippen molar-refractivity contribution >= 4 is 107 Å². The van der Waals surface area contributed by atoms with Gasteiger partial charge < -0.3 is 9.80 Å². The van der Waals surface area contributed by atoms with E-state index in [9.17, 15) is 0 Å². The number of hydrogen-bond donors (Lipinski definition) is 0. The molecule has 0 atom stereocenters. The first-order chi connectivity index (χ1) is 29.8. The molecule has 60 heavy (non-hydrogen) atoms. The topological polar surface area (TPSA) is 6.48 Å². The Morgan fingerprint density at radius 3 is 0.917 bits per heavy atom. The molecule has 2 aliphatic rings. The summed E-state index contributed by atoms with van der Waals surface area (Å²) in [5, 5.41) is 0. The number of benzene rings is 7. The molecule has 0 amide bonds. The summed E-state index contributed by atoms with van der Waals surface area (Å²) in [6.45, 7) is 0. The molecule has 0 saturated heterocycles. The Hall–Kier alpha value is -6.22. The number of anilines is 6. The second kappa shape index (κ2) is 19.2. The van der Waals surface area contributed by atoms with Gasteiger partial charge in [-0.15, -0.1) is 0 Å². The zero-order chi connectivity index (χ0) is 40.4. The highest BCUT2D eigenvalue weighted by atomic mass is 127. The fourth-order valence-corrected chi connectivity index (χ4v) is 10.3. The molecule has 0 aromatic heterocycles. The maximum absolute atomic E-state index is 2.35. The van der Waals surface area contributed by atoms with Crippen molar-refractivity contribution in [3.63, 3.8) is 0 Å². The summed E-state index contributed by atoms with van der Waals surface area (Å²) in [5.74, 6) is 0. The summed E-state index contributed by atoms with van der Waals surface area (Å²) in [6, 6.07) is 69.3. The summed E-state index contributed by atoms with van der Waals surface area (Å²) in [7, 11) is 0. The largest absolute Gasteiger partial charge is 0.311 e. The minimum atomic E-state index is -0.0415. The molecular weight excluding hydrogens is 954 g/mol. The Morgan fingerprint density at radius 2 is 0.633 bits per heavy atom. The lowest BCUT2D eigenvalue weighted by atomic mass is 9.91. The van der Waals surface area contributed by atoms with Crippen LogP contribution in [0.2, 0.25) is 0 Å². The molecule has 0 unspecified atom stereocenters. The Balaban J connectivity index is 1.04. The smallest absolute Gasteiger partial charge is 0.0462 e. The van der Waals surface area contributed by atoms with Gasteiger partial charge >= 0.3 is 0 Å². The second-order valence-corrected chi connectivity index (χ2v) is 18.5. The van der Waals surface area contributed by atoms with Gasteiger partial charge in [0.15, 0.2) is 0 Å². The standard InChI is InChI=1S/C56H42I2N2/c1-5-13-49(14-6-1)59(50-15-7-2-8-16-50)53-29-21-43(22-30-53)41-55(47-33-37-57-38-34-47)45-25-27-46(28-26-45)56(48-35-39-58-40-36-48)42-44-23-31-54(32-24-44)60(51-17-9-3-10-18-51)52-19-11-4-12-20-52/h1-42H/b55-41-,56-42?. The molecular formula is C56H42I2N2. The van der Waals surface area contributed by atoms with Crippen LogP contribution in [-0.2, 0) is 0 Å². The van der Waals surface area contributed by atoms with Crippen molar-refractivity contribution in [3.8, 4) is 0 Å². The number of halogens is 2. The first kappa shape index (κ1) is 39.3. The second-order valence-electron chi connectivity index (χ2n) is 14.2. The maximum atomic E-state index is 2.35. The van der Waals surface area contributed by atoms with Gasteiger partial charge in [-0.1, -0.05) is 163 Å². The summed E-state index contributed by atoms with van der Waals surface area (Å²) >= 11 is -0.0831. The van der Waals surface area contributed by atoms with Gasteiger partial charge in [0.05, 0.1) is 0 Å². The summed E-state index contributed by atoms with van der Waals surface area (Å²) in [4.78, 5) is 4.61. The van der Waals surface area contributed by atoms with E-state index < -0.39 is 0 Å². The van der Waals surface area contributed by atoms with Crippen molar-refractivity contribution in [1.82, 2.24) is 0 Å². The van der Waals surface area contributed by atoms with Crippen LogP contribution in [0.15, 0.2) is 238 Å². The predicted octanol–water partition coefficient (Wildman–Crippen LogP) is 16.2. The summed E-state index contributed by atoms with van der Waals surface area (Å²) in [5.41, 5.74) is 16.4. The Labute approximate surface area is 373 Å². The first-order valence-corrected chi connectivity index (χ1v) is 24.9. The molecule has 0 N–H and O–H groups in total. The molecule has 7 aromatic carbocycles. The van der Waals surface area contributed by atoms with E-state index in [1.165, 1.54) is 33.4 Å². The minimum Gasteiger partial charge on any atom is -0.311 e. The van der Waals surface area contributed by atoms with E-state index in [1.807, 2.05) is 0 Å². The van der Waals surface area contributed by atoms with E-state index in [0.717, 1.165) is 45.3 Å². The number of nitrogens with zero attached hydrogens (tertiary/aromatic N) is 2. The van der Waals surface area contributed by atoms with E-state index in [4.69, 9.17) is 0 Å². The predicted molar refractivity (Wildman–Crippen MR) is 279 cm³/mol. The Morgan fingerprint density at radius 1 is 0.333 bits per heavy atom. The van der Waals surface area contributed by atoms with E-state index in [2.05, 4.69) is 257 Å². The van der Waals surface area contributed by atoms with Crippen LogP contribution in [0.4, 0.5) is 34.1 Å². The fourth-order valence-electron chi connectivity index (χ4n) is 7.44. The fraction of sp³-hybridized carbons (Fsp3) is 0. The Bertz CT molecular complexity index is 2520. The van der Waals surface area contributed by atoms with Crippen LogP contribution in [0.5, 0.6) is 0 Å². The van der Waals surface area contributed by atoms with E-state index in [0.29, 0.717) is 0 Å². The zero-order valence-corrected chi connectivity index (χ0v) is 37.2. The van der Waals surface area contributed by atoms with Gasteiger partial charge in [-0.25, -0.2) is 0 Å². The lowest BCUT2D eigenvalue weighted by Gasteiger charge is -2.25. The van der Waals surface area contributed by atoms with Crippen molar-refractivity contribution in [2.24, 2.45) is 0 Å². The molecule has 2 heterocycles. The van der Waals surface area contributed by atoms with Gasteiger partial charge in [0.2, 0.25) is 0 Å². The highest BCUT2D eigenvalue weighted by molar-refractivity contribution is 14.2. The molecule has 2 aliphatic heterocycles. The van der Waals surface area contributed by atoms with E-state index >= 15 is 0 Å². The highest BCUT2D eigenvalue weighted by Gasteiger charge is 2.15. The summed E-state index contributed by atoms with van der Waals surface area (Å²) < 4.78 is 9.40. The van der Waals surface area contributed by atoms with Gasteiger partial charge in [-0.3, -0.25) is 0 Å². The molecule has 2 nitrogen and oxygen atoms in total. The maximum Gasteiger partial charge on any atom is 0.0462 e. The van der Waals surface area contributed by atoms with Gasteiger partial charge in [0, 0.05) is 34.1 Å². The number of rotatable bonds is 12. The molecule has 4 heteroatoms. The van der Waals surface area contributed by atoms with Gasteiger partial charge in [0.25, 0.3) is 0 Å². The third kappa shape index (κ3) is 9.31. The molecule has 0 spiro atoms. The third-order valence-corrected chi connectivity index (χ3v) is 13.5. The number of hydrogen-bond acceptors (Lipinski definition) is 2. The first-order valence-electron chi connectivity index (χ1n) is 20.0. The minimum absolute atomic E-state index is 0.0415. The van der Waals surface area contributed by atoms with Crippen LogP contribution in [0.25, 0.3) is 23.3 Å². The average molecular weight is 997 g/mol. The van der Waals surface area contributed by atoms with Crippen LogP contribution in [0.1, 0.15) is 22.3 Å². The third-order valence-electron chi connectivity index (χ3n) is 10.4. The SMILES string of the molecule is C1=CC(C(=Cc2ccc(N(c3ccccc3)c3ccccc3)cc2)c2ccc(/C(=C/c3ccc(N(c4ccccc4)c4ccccc4)cc3)C3=CC=IC=C3)cc2)=CC=I1. The molecule has 7 aromatic rings. The molecule has 0 bridgehead atoms. The van der Waals surface area contributed by atoms with Crippen molar-refractivity contribution in [2.45, 2.75) is 0 Å². The normalized spacial score (nSPS) is 13.7. The Kier molecular flexibility index (Phi) is 12.6. The van der Waals surface area contributed by atoms with E-state index in [1.54, 1.807) is 0 Å². The lowest BCUT2D eigenvalue weighted by molar-refractivity contribution is 1.28. The molecule has 0 fully saturated rings. The quantitative estimate of drug-likeness (QED) is 0.0889. The lowest BCUT2D eigenvalue weighted by Crippen LogP contribution is -2.09. The van der Waals surface area contributed by atoms with Crippen molar-refractivity contribution in [3.05, 3.63) is 260 Å². The number of allylic oxidation sites excluding steroid dienone is 8. The van der Waals surface area contributed by atoms with E-state index in [-0.39, 0.29) is 41.5 Å². The zero-order valence-electron chi connectivity index (χ0n) is 32.9. The van der Waals surface area contributed by atoms with Gasteiger partial charge in [0.1, 0.15) is 0 Å². The summed E-state index contributed by atoms with van der Waals surface area (Å²) in [6.07, 6.45) is 13.9. The molecule has 0 radical (unpaired) electrons. The molecule has 0 aliphatic carbocycles. The molecule has 290 valence electrons. The van der Waals surface area contributed by atoms with Crippen LogP contribution in [-0.4, -0.2) is 8.02 Å². The van der Waals surface area contributed by atoms with Crippen molar-refractivity contribution < 1.29 is 0 Å².